The zero-order valence-electron chi connectivity index (χ0n) is 10.9. The summed E-state index contributed by atoms with van der Waals surface area (Å²) in [7, 11) is -3.14. The molecule has 1 amide bonds. The first-order valence-corrected chi connectivity index (χ1v) is 8.29. The maximum atomic E-state index is 12.1. The Hall–Kier alpha value is -1.66. The maximum absolute atomic E-state index is 12.1. The van der Waals surface area contributed by atoms with Gasteiger partial charge in [0.2, 0.25) is 0 Å². The summed E-state index contributed by atoms with van der Waals surface area (Å²) in [5.74, 6) is -0.282. The van der Waals surface area contributed by atoms with Crippen LogP contribution in [0, 0.1) is 0 Å². The first-order valence-electron chi connectivity index (χ1n) is 6.58. The molecule has 0 aromatic heterocycles. The second-order valence-corrected chi connectivity index (χ2v) is 7.08. The molecule has 3 rings (SSSR count). The molecule has 2 heterocycles. The number of benzene rings is 1. The number of carbonyl (C=O) groups is 1. The molecule has 106 valence electrons. The van der Waals surface area contributed by atoms with E-state index >= 15 is 0 Å². The highest BCUT2D eigenvalue weighted by Crippen LogP contribution is 2.16. The molecule has 0 fully saturated rings. The number of fused-ring (bicyclic) bond motifs is 1. The Balaban J connectivity index is 1.73. The standard InChI is InChI=1S/C14H16N2O3S/c17-14(16-13-4-6-20(18,19)9-13)11-2-1-10-3-5-15-8-12(10)7-11/h1-2,4,6-7,13,15H,3,5,8-9H2,(H,16,17). The lowest BCUT2D eigenvalue weighted by Gasteiger charge is -2.18. The van der Waals surface area contributed by atoms with E-state index in [2.05, 4.69) is 10.6 Å². The SMILES string of the molecule is O=C(NC1C=CS(=O)(=O)C1)c1ccc2c(c1)CNCC2. The smallest absolute Gasteiger partial charge is 0.251 e. The van der Waals surface area contributed by atoms with Crippen LogP contribution in [-0.2, 0) is 22.8 Å². The van der Waals surface area contributed by atoms with Gasteiger partial charge in [0.1, 0.15) is 0 Å². The predicted octanol–water partition coefficient (Wildman–Crippen LogP) is 0.373. The van der Waals surface area contributed by atoms with Crippen LogP contribution in [0.25, 0.3) is 0 Å². The highest BCUT2D eigenvalue weighted by atomic mass is 32.2. The molecule has 2 N–H and O–H groups in total. The summed E-state index contributed by atoms with van der Waals surface area (Å²) in [6.45, 7) is 1.73. The lowest BCUT2D eigenvalue weighted by atomic mass is 9.98. The van der Waals surface area contributed by atoms with Gasteiger partial charge in [-0.1, -0.05) is 6.07 Å². The minimum absolute atomic E-state index is 0.0504. The summed E-state index contributed by atoms with van der Waals surface area (Å²) in [6, 6.07) is 5.23. The molecule has 0 bridgehead atoms. The maximum Gasteiger partial charge on any atom is 0.251 e. The van der Waals surface area contributed by atoms with Crippen molar-refractivity contribution in [3.05, 3.63) is 46.4 Å². The third kappa shape index (κ3) is 2.76. The Morgan fingerprint density at radius 1 is 1.30 bits per heavy atom. The minimum Gasteiger partial charge on any atom is -0.345 e. The Labute approximate surface area is 118 Å². The van der Waals surface area contributed by atoms with E-state index in [0.717, 1.165) is 30.5 Å². The van der Waals surface area contributed by atoms with Crippen molar-refractivity contribution in [2.45, 2.75) is 19.0 Å². The van der Waals surface area contributed by atoms with Gasteiger partial charge in [-0.25, -0.2) is 8.42 Å². The van der Waals surface area contributed by atoms with Crippen molar-refractivity contribution < 1.29 is 13.2 Å². The number of hydrogen-bond donors (Lipinski definition) is 2. The Kier molecular flexibility index (Phi) is 3.35. The molecule has 0 spiro atoms. The van der Waals surface area contributed by atoms with Gasteiger partial charge in [0, 0.05) is 17.5 Å². The molecule has 0 aliphatic carbocycles. The Morgan fingerprint density at radius 3 is 2.90 bits per heavy atom. The predicted molar refractivity (Wildman–Crippen MR) is 76.0 cm³/mol. The normalized spacial score (nSPS) is 23.3. The first-order chi connectivity index (χ1) is 9.53. The lowest BCUT2D eigenvalue weighted by Crippen LogP contribution is -2.35. The molecule has 1 unspecified atom stereocenters. The third-order valence-corrected chi connectivity index (χ3v) is 5.00. The van der Waals surface area contributed by atoms with E-state index in [1.165, 1.54) is 11.6 Å². The number of amides is 1. The van der Waals surface area contributed by atoms with E-state index in [-0.39, 0.29) is 11.7 Å². The highest BCUT2D eigenvalue weighted by molar-refractivity contribution is 7.94. The number of hydrogen-bond acceptors (Lipinski definition) is 4. The topological polar surface area (TPSA) is 75.3 Å². The quantitative estimate of drug-likeness (QED) is 0.826. The van der Waals surface area contributed by atoms with E-state index in [1.807, 2.05) is 12.1 Å². The molecule has 0 saturated heterocycles. The molecule has 1 atom stereocenters. The van der Waals surface area contributed by atoms with Crippen molar-refractivity contribution >= 4 is 15.7 Å². The molecular weight excluding hydrogens is 276 g/mol. The van der Waals surface area contributed by atoms with Crippen LogP contribution in [0.15, 0.2) is 29.7 Å². The molecule has 0 saturated carbocycles. The molecule has 5 nitrogen and oxygen atoms in total. The van der Waals surface area contributed by atoms with Gasteiger partial charge in [-0.2, -0.15) is 0 Å². The summed E-state index contributed by atoms with van der Waals surface area (Å²) in [6.07, 6.45) is 2.49. The second-order valence-electron chi connectivity index (χ2n) is 5.15. The van der Waals surface area contributed by atoms with Crippen LogP contribution in [0.3, 0.4) is 0 Å². The van der Waals surface area contributed by atoms with Crippen LogP contribution in [0.2, 0.25) is 0 Å². The number of nitrogens with one attached hydrogen (secondary N) is 2. The van der Waals surface area contributed by atoms with E-state index < -0.39 is 15.9 Å². The molecule has 2 aliphatic rings. The van der Waals surface area contributed by atoms with Gasteiger partial charge >= 0.3 is 0 Å². The highest BCUT2D eigenvalue weighted by Gasteiger charge is 2.23. The van der Waals surface area contributed by atoms with Crippen molar-refractivity contribution in [2.75, 3.05) is 12.3 Å². The zero-order chi connectivity index (χ0) is 14.2. The molecular formula is C14H16N2O3S. The van der Waals surface area contributed by atoms with Gasteiger partial charge in [0.25, 0.3) is 5.91 Å². The van der Waals surface area contributed by atoms with Crippen LogP contribution in [-0.4, -0.2) is 32.7 Å². The van der Waals surface area contributed by atoms with E-state index in [4.69, 9.17) is 0 Å². The largest absolute Gasteiger partial charge is 0.345 e. The van der Waals surface area contributed by atoms with Gasteiger partial charge < -0.3 is 10.6 Å². The minimum atomic E-state index is -3.14. The molecule has 0 radical (unpaired) electrons. The van der Waals surface area contributed by atoms with Crippen molar-refractivity contribution in [2.24, 2.45) is 0 Å². The van der Waals surface area contributed by atoms with Gasteiger partial charge in [0.15, 0.2) is 9.84 Å². The second kappa shape index (κ2) is 5.03. The molecule has 6 heteroatoms. The summed E-state index contributed by atoms with van der Waals surface area (Å²) >= 11 is 0. The first kappa shape index (κ1) is 13.3. The Bertz CT molecular complexity index is 680. The van der Waals surface area contributed by atoms with Crippen molar-refractivity contribution in [3.63, 3.8) is 0 Å². The van der Waals surface area contributed by atoms with E-state index in [1.54, 1.807) is 6.07 Å². The van der Waals surface area contributed by atoms with Gasteiger partial charge in [-0.05, 0) is 42.3 Å². The van der Waals surface area contributed by atoms with Crippen LogP contribution in [0.4, 0.5) is 0 Å². The monoisotopic (exact) mass is 292 g/mol. The van der Waals surface area contributed by atoms with Crippen molar-refractivity contribution in [1.29, 1.82) is 0 Å². The fourth-order valence-electron chi connectivity index (χ4n) is 2.54. The van der Waals surface area contributed by atoms with Crippen LogP contribution >= 0.6 is 0 Å². The summed E-state index contributed by atoms with van der Waals surface area (Å²) in [5, 5.41) is 7.16. The zero-order valence-corrected chi connectivity index (χ0v) is 11.7. The Morgan fingerprint density at radius 2 is 2.15 bits per heavy atom. The van der Waals surface area contributed by atoms with Gasteiger partial charge in [0.05, 0.1) is 11.8 Å². The van der Waals surface area contributed by atoms with E-state index in [9.17, 15) is 13.2 Å². The van der Waals surface area contributed by atoms with Gasteiger partial charge in [-0.15, -0.1) is 0 Å². The molecule has 2 aliphatic heterocycles. The average molecular weight is 292 g/mol. The number of rotatable bonds is 2. The molecule has 1 aromatic carbocycles. The van der Waals surface area contributed by atoms with E-state index in [0.29, 0.717) is 5.56 Å². The lowest BCUT2D eigenvalue weighted by molar-refractivity contribution is 0.0947. The van der Waals surface area contributed by atoms with Crippen molar-refractivity contribution in [3.8, 4) is 0 Å². The fraction of sp³-hybridized carbons (Fsp3) is 0.357. The van der Waals surface area contributed by atoms with Crippen LogP contribution in [0.1, 0.15) is 21.5 Å². The average Bonchev–Trinajstić information content (AvgIpc) is 2.77. The van der Waals surface area contributed by atoms with Crippen LogP contribution in [0.5, 0.6) is 0 Å². The molecule has 20 heavy (non-hydrogen) atoms. The number of sulfone groups is 1. The summed E-state index contributed by atoms with van der Waals surface area (Å²) in [5.41, 5.74) is 2.98. The molecule has 1 aromatic rings. The fourth-order valence-corrected chi connectivity index (χ4v) is 3.77. The van der Waals surface area contributed by atoms with Crippen molar-refractivity contribution in [1.82, 2.24) is 10.6 Å². The third-order valence-electron chi connectivity index (χ3n) is 3.60. The summed E-state index contributed by atoms with van der Waals surface area (Å²) < 4.78 is 22.6. The number of carbonyl (C=O) groups excluding carboxylic acids is 1. The summed E-state index contributed by atoms with van der Waals surface area (Å²) in [4.78, 5) is 12.1. The van der Waals surface area contributed by atoms with Crippen LogP contribution < -0.4 is 10.6 Å². The van der Waals surface area contributed by atoms with Gasteiger partial charge in [-0.3, -0.25) is 4.79 Å².